The van der Waals surface area contributed by atoms with Crippen LogP contribution in [0.25, 0.3) is 0 Å². The second kappa shape index (κ2) is 6.17. The highest BCUT2D eigenvalue weighted by Crippen LogP contribution is 2.27. The number of hydrogen-bond acceptors (Lipinski definition) is 3. The minimum atomic E-state index is 0.439. The summed E-state index contributed by atoms with van der Waals surface area (Å²) in [4.78, 5) is 2.58. The average molecular weight is 240 g/mol. The maximum absolute atomic E-state index is 5.43. The Labute approximate surface area is 106 Å². The van der Waals surface area contributed by atoms with Gasteiger partial charge in [0, 0.05) is 32.2 Å². The predicted molar refractivity (Wildman–Crippen MR) is 71.3 cm³/mol. The van der Waals surface area contributed by atoms with Crippen LogP contribution in [0.15, 0.2) is 0 Å². The quantitative estimate of drug-likeness (QED) is 0.735. The van der Waals surface area contributed by atoms with Gasteiger partial charge in [-0.2, -0.15) is 0 Å². The molecule has 0 aromatic heterocycles. The highest BCUT2D eigenvalue weighted by molar-refractivity contribution is 4.87. The molecular weight excluding hydrogens is 212 g/mol. The minimum Gasteiger partial charge on any atom is -0.379 e. The minimum absolute atomic E-state index is 0.439. The maximum atomic E-state index is 5.43. The van der Waals surface area contributed by atoms with Gasteiger partial charge in [0.2, 0.25) is 0 Å². The molecule has 3 nitrogen and oxygen atoms in total. The Balaban J connectivity index is 1.79. The van der Waals surface area contributed by atoms with Gasteiger partial charge in [0.1, 0.15) is 0 Å². The summed E-state index contributed by atoms with van der Waals surface area (Å²) in [6, 6.07) is 0.830. The van der Waals surface area contributed by atoms with Crippen molar-refractivity contribution >= 4 is 0 Å². The summed E-state index contributed by atoms with van der Waals surface area (Å²) in [5.74, 6) is 0. The first-order chi connectivity index (χ1) is 8.22. The monoisotopic (exact) mass is 240 g/mol. The van der Waals surface area contributed by atoms with Crippen LogP contribution in [0.5, 0.6) is 0 Å². The molecule has 1 saturated heterocycles. The van der Waals surface area contributed by atoms with Crippen molar-refractivity contribution in [3.63, 3.8) is 0 Å². The van der Waals surface area contributed by atoms with Crippen LogP contribution in [0.3, 0.4) is 0 Å². The van der Waals surface area contributed by atoms with Crippen LogP contribution >= 0.6 is 0 Å². The molecule has 1 aliphatic carbocycles. The molecule has 1 saturated carbocycles. The van der Waals surface area contributed by atoms with E-state index in [9.17, 15) is 0 Å². The van der Waals surface area contributed by atoms with Crippen LogP contribution in [-0.4, -0.2) is 50.3 Å². The summed E-state index contributed by atoms with van der Waals surface area (Å²) in [5, 5.41) is 3.71. The summed E-state index contributed by atoms with van der Waals surface area (Å²) >= 11 is 0. The molecular formula is C14H28N2O. The fraction of sp³-hybridized carbons (Fsp3) is 1.00. The van der Waals surface area contributed by atoms with Gasteiger partial charge in [-0.05, 0) is 24.7 Å². The summed E-state index contributed by atoms with van der Waals surface area (Å²) in [6.07, 6.45) is 5.39. The maximum Gasteiger partial charge on any atom is 0.0594 e. The highest BCUT2D eigenvalue weighted by atomic mass is 16.5. The molecule has 1 unspecified atom stereocenters. The zero-order valence-corrected chi connectivity index (χ0v) is 11.5. The molecule has 1 aliphatic heterocycles. The van der Waals surface area contributed by atoms with Crippen LogP contribution in [0, 0.1) is 5.41 Å². The van der Waals surface area contributed by atoms with E-state index in [0.29, 0.717) is 5.41 Å². The van der Waals surface area contributed by atoms with E-state index in [4.69, 9.17) is 4.74 Å². The van der Waals surface area contributed by atoms with E-state index in [2.05, 4.69) is 24.1 Å². The topological polar surface area (TPSA) is 24.5 Å². The molecule has 1 N–H and O–H groups in total. The number of nitrogens with zero attached hydrogens (tertiary/aromatic N) is 1. The summed E-state index contributed by atoms with van der Waals surface area (Å²) in [5.41, 5.74) is 0.439. The third-order valence-corrected chi connectivity index (χ3v) is 3.96. The number of rotatable bonds is 7. The van der Waals surface area contributed by atoms with Gasteiger partial charge < -0.3 is 10.1 Å². The molecule has 0 amide bonds. The zero-order valence-electron chi connectivity index (χ0n) is 11.5. The number of ether oxygens (including phenoxy) is 1. The molecule has 1 heterocycles. The van der Waals surface area contributed by atoms with Crippen LogP contribution in [-0.2, 0) is 4.74 Å². The van der Waals surface area contributed by atoms with Crippen molar-refractivity contribution in [2.24, 2.45) is 5.41 Å². The van der Waals surface area contributed by atoms with E-state index in [0.717, 1.165) is 32.3 Å². The Morgan fingerprint density at radius 2 is 2.00 bits per heavy atom. The lowest BCUT2D eigenvalue weighted by Gasteiger charge is -2.37. The lowest BCUT2D eigenvalue weighted by atomic mass is 9.84. The highest BCUT2D eigenvalue weighted by Gasteiger charge is 2.30. The van der Waals surface area contributed by atoms with Crippen LogP contribution in [0.2, 0.25) is 0 Å². The molecule has 2 rings (SSSR count). The molecule has 100 valence electrons. The summed E-state index contributed by atoms with van der Waals surface area (Å²) in [6.45, 7) is 11.2. The first-order valence-electron chi connectivity index (χ1n) is 7.25. The average Bonchev–Trinajstić information content (AvgIpc) is 3.12. The summed E-state index contributed by atoms with van der Waals surface area (Å²) < 4.78 is 5.43. The Kier molecular flexibility index (Phi) is 4.83. The van der Waals surface area contributed by atoms with Crippen molar-refractivity contribution < 1.29 is 4.74 Å². The number of hydrogen-bond donors (Lipinski definition) is 1. The first-order valence-corrected chi connectivity index (χ1v) is 7.25. The zero-order chi connectivity index (χ0) is 12.1. The Hall–Kier alpha value is -0.120. The van der Waals surface area contributed by atoms with Gasteiger partial charge >= 0.3 is 0 Å². The van der Waals surface area contributed by atoms with Crippen LogP contribution in [0.1, 0.15) is 39.5 Å². The van der Waals surface area contributed by atoms with E-state index < -0.39 is 0 Å². The molecule has 2 fully saturated rings. The molecule has 0 aromatic carbocycles. The van der Waals surface area contributed by atoms with E-state index in [1.54, 1.807) is 0 Å². The standard InChI is InChI=1S/C14H28N2O/c1-3-6-14(2,11-15-13-4-5-13)12-16-7-9-17-10-8-16/h13,15H,3-12H2,1-2H3. The fourth-order valence-corrected chi connectivity index (χ4v) is 2.80. The molecule has 0 aromatic rings. The smallest absolute Gasteiger partial charge is 0.0594 e. The van der Waals surface area contributed by atoms with Gasteiger partial charge in [-0.1, -0.05) is 20.3 Å². The van der Waals surface area contributed by atoms with Gasteiger partial charge in [0.15, 0.2) is 0 Å². The number of morpholine rings is 1. The SMILES string of the molecule is CCCC(C)(CNC1CC1)CN1CCOCC1. The molecule has 0 spiro atoms. The third kappa shape index (κ3) is 4.57. The third-order valence-electron chi connectivity index (χ3n) is 3.96. The predicted octanol–water partition coefficient (Wildman–Crippen LogP) is 1.88. The van der Waals surface area contributed by atoms with Gasteiger partial charge in [-0.25, -0.2) is 0 Å². The van der Waals surface area contributed by atoms with Crippen molar-refractivity contribution in [2.45, 2.75) is 45.6 Å². The van der Waals surface area contributed by atoms with Gasteiger partial charge in [0.25, 0.3) is 0 Å². The van der Waals surface area contributed by atoms with Crippen molar-refractivity contribution in [2.75, 3.05) is 39.4 Å². The lowest BCUT2D eigenvalue weighted by molar-refractivity contribution is 0.0169. The van der Waals surface area contributed by atoms with Gasteiger partial charge in [-0.3, -0.25) is 4.90 Å². The number of nitrogens with one attached hydrogen (secondary N) is 1. The lowest BCUT2D eigenvalue weighted by Crippen LogP contribution is -2.46. The molecule has 3 heteroatoms. The first kappa shape index (κ1) is 13.3. The molecule has 17 heavy (non-hydrogen) atoms. The molecule has 2 aliphatic rings. The fourth-order valence-electron chi connectivity index (χ4n) is 2.80. The van der Waals surface area contributed by atoms with E-state index in [-0.39, 0.29) is 0 Å². The van der Waals surface area contributed by atoms with Crippen LogP contribution in [0.4, 0.5) is 0 Å². The van der Waals surface area contributed by atoms with Crippen molar-refractivity contribution in [3.8, 4) is 0 Å². The van der Waals surface area contributed by atoms with Gasteiger partial charge in [-0.15, -0.1) is 0 Å². The van der Waals surface area contributed by atoms with E-state index in [1.165, 1.54) is 38.8 Å². The molecule has 1 atom stereocenters. The Bertz CT molecular complexity index is 224. The van der Waals surface area contributed by atoms with Crippen molar-refractivity contribution in [3.05, 3.63) is 0 Å². The van der Waals surface area contributed by atoms with E-state index in [1.807, 2.05) is 0 Å². The second-order valence-electron chi connectivity index (χ2n) is 6.10. The normalized spacial score (nSPS) is 25.8. The van der Waals surface area contributed by atoms with Gasteiger partial charge in [0.05, 0.1) is 13.2 Å². The van der Waals surface area contributed by atoms with E-state index >= 15 is 0 Å². The largest absolute Gasteiger partial charge is 0.379 e. The van der Waals surface area contributed by atoms with Crippen LogP contribution < -0.4 is 5.32 Å². The molecule has 0 radical (unpaired) electrons. The second-order valence-corrected chi connectivity index (χ2v) is 6.10. The Morgan fingerprint density at radius 3 is 2.59 bits per heavy atom. The van der Waals surface area contributed by atoms with Crippen molar-refractivity contribution in [1.82, 2.24) is 10.2 Å². The molecule has 0 bridgehead atoms. The summed E-state index contributed by atoms with van der Waals surface area (Å²) in [7, 11) is 0. The van der Waals surface area contributed by atoms with Crippen molar-refractivity contribution in [1.29, 1.82) is 0 Å². The Morgan fingerprint density at radius 1 is 1.29 bits per heavy atom.